The number of piperazine rings is 1. The SMILES string of the molecule is Cc1ccccc1-n1c(C)cc(C(=O)N2CCCC(N3CCNCC3=O)C2)c1C.Cl. The molecule has 2 aliphatic rings. The van der Waals surface area contributed by atoms with Crippen molar-refractivity contribution in [3.63, 3.8) is 0 Å². The van der Waals surface area contributed by atoms with Gasteiger partial charge < -0.3 is 19.7 Å². The Hall–Kier alpha value is -2.31. The van der Waals surface area contributed by atoms with Crippen LogP contribution in [0.2, 0.25) is 0 Å². The first-order valence-electron chi connectivity index (χ1n) is 10.5. The highest BCUT2D eigenvalue weighted by Gasteiger charge is 2.33. The molecule has 1 aromatic carbocycles. The fourth-order valence-corrected chi connectivity index (χ4v) is 4.74. The first-order valence-corrected chi connectivity index (χ1v) is 10.5. The van der Waals surface area contributed by atoms with Gasteiger partial charge in [-0.15, -0.1) is 12.4 Å². The summed E-state index contributed by atoms with van der Waals surface area (Å²) in [5, 5.41) is 3.13. The number of halogens is 1. The number of hydrogen-bond acceptors (Lipinski definition) is 3. The van der Waals surface area contributed by atoms with E-state index in [1.807, 2.05) is 34.9 Å². The van der Waals surface area contributed by atoms with E-state index in [0.717, 1.165) is 55.1 Å². The van der Waals surface area contributed by atoms with Crippen LogP contribution in [0, 0.1) is 20.8 Å². The second kappa shape index (κ2) is 9.23. The van der Waals surface area contributed by atoms with Crippen molar-refractivity contribution < 1.29 is 9.59 Å². The highest BCUT2D eigenvalue weighted by Crippen LogP contribution is 2.26. The Morgan fingerprint density at radius 3 is 2.63 bits per heavy atom. The Morgan fingerprint density at radius 2 is 1.90 bits per heavy atom. The van der Waals surface area contributed by atoms with E-state index in [-0.39, 0.29) is 30.3 Å². The summed E-state index contributed by atoms with van der Waals surface area (Å²) in [6.45, 7) is 9.50. The summed E-state index contributed by atoms with van der Waals surface area (Å²) in [4.78, 5) is 29.6. The Kier molecular flexibility index (Phi) is 6.88. The van der Waals surface area contributed by atoms with Gasteiger partial charge in [0.2, 0.25) is 5.91 Å². The van der Waals surface area contributed by atoms with Crippen molar-refractivity contribution in [3.05, 3.63) is 52.8 Å². The smallest absolute Gasteiger partial charge is 0.255 e. The summed E-state index contributed by atoms with van der Waals surface area (Å²) in [6.07, 6.45) is 1.90. The van der Waals surface area contributed by atoms with Crippen LogP contribution >= 0.6 is 12.4 Å². The van der Waals surface area contributed by atoms with Crippen molar-refractivity contribution in [3.8, 4) is 5.69 Å². The average molecular weight is 431 g/mol. The van der Waals surface area contributed by atoms with Crippen molar-refractivity contribution in [2.45, 2.75) is 39.7 Å². The van der Waals surface area contributed by atoms with Gasteiger partial charge in [-0.2, -0.15) is 0 Å². The van der Waals surface area contributed by atoms with Crippen molar-refractivity contribution in [2.75, 3.05) is 32.7 Å². The highest BCUT2D eigenvalue weighted by molar-refractivity contribution is 5.96. The lowest BCUT2D eigenvalue weighted by Crippen LogP contribution is -2.57. The number of carbonyl (C=O) groups is 2. The molecule has 0 radical (unpaired) electrons. The van der Waals surface area contributed by atoms with E-state index in [4.69, 9.17) is 0 Å². The summed E-state index contributed by atoms with van der Waals surface area (Å²) in [7, 11) is 0. The van der Waals surface area contributed by atoms with Gasteiger partial charge in [-0.1, -0.05) is 18.2 Å². The number of likely N-dealkylation sites (tertiary alicyclic amines) is 1. The van der Waals surface area contributed by atoms with E-state index < -0.39 is 0 Å². The topological polar surface area (TPSA) is 57.6 Å². The monoisotopic (exact) mass is 430 g/mol. The molecule has 6 nitrogen and oxygen atoms in total. The number of aromatic nitrogens is 1. The van der Waals surface area contributed by atoms with E-state index in [1.54, 1.807) is 0 Å². The Labute approximate surface area is 184 Å². The van der Waals surface area contributed by atoms with Crippen LogP contribution in [-0.4, -0.2) is 64.9 Å². The zero-order valence-corrected chi connectivity index (χ0v) is 18.8. The van der Waals surface area contributed by atoms with Gasteiger partial charge in [-0.3, -0.25) is 9.59 Å². The molecule has 1 N–H and O–H groups in total. The maximum absolute atomic E-state index is 13.4. The summed E-state index contributed by atoms with van der Waals surface area (Å²) >= 11 is 0. The highest BCUT2D eigenvalue weighted by atomic mass is 35.5. The van der Waals surface area contributed by atoms with Crippen molar-refractivity contribution >= 4 is 24.2 Å². The zero-order valence-electron chi connectivity index (χ0n) is 18.0. The zero-order chi connectivity index (χ0) is 20.5. The number of para-hydroxylation sites is 1. The van der Waals surface area contributed by atoms with Crippen molar-refractivity contribution in [1.82, 2.24) is 19.7 Å². The van der Waals surface area contributed by atoms with Crippen LogP contribution in [0.25, 0.3) is 5.69 Å². The van der Waals surface area contributed by atoms with Gasteiger partial charge in [0.25, 0.3) is 5.91 Å². The largest absolute Gasteiger partial charge is 0.337 e. The molecule has 3 heterocycles. The number of piperidine rings is 1. The number of amides is 2. The number of benzene rings is 1. The standard InChI is InChI=1S/C23H30N4O2.ClH/c1-16-7-4-5-9-21(16)27-17(2)13-20(18(27)3)23(29)25-11-6-8-19(15-25)26-12-10-24-14-22(26)28;/h4-5,7,9,13,19,24H,6,8,10-12,14-15H2,1-3H3;1H. The van der Waals surface area contributed by atoms with Crippen LogP contribution in [0.15, 0.2) is 30.3 Å². The minimum absolute atomic E-state index is 0. The Bertz CT molecular complexity index is 939. The Balaban J connectivity index is 0.00000256. The van der Waals surface area contributed by atoms with E-state index in [0.29, 0.717) is 13.1 Å². The van der Waals surface area contributed by atoms with Gasteiger partial charge >= 0.3 is 0 Å². The molecule has 4 rings (SSSR count). The van der Waals surface area contributed by atoms with E-state index >= 15 is 0 Å². The predicted molar refractivity (Wildman–Crippen MR) is 121 cm³/mol. The summed E-state index contributed by atoms with van der Waals surface area (Å²) < 4.78 is 2.17. The van der Waals surface area contributed by atoms with Gasteiger partial charge in [-0.05, 0) is 51.3 Å². The number of hydrogen-bond donors (Lipinski definition) is 1. The number of rotatable bonds is 3. The van der Waals surface area contributed by atoms with Crippen LogP contribution in [0.3, 0.4) is 0 Å². The minimum Gasteiger partial charge on any atom is -0.337 e. The van der Waals surface area contributed by atoms with Crippen LogP contribution in [-0.2, 0) is 4.79 Å². The van der Waals surface area contributed by atoms with Crippen LogP contribution in [0.5, 0.6) is 0 Å². The summed E-state index contributed by atoms with van der Waals surface area (Å²) in [6, 6.07) is 10.4. The fourth-order valence-electron chi connectivity index (χ4n) is 4.74. The number of nitrogens with one attached hydrogen (secondary N) is 1. The van der Waals surface area contributed by atoms with Gasteiger partial charge in [0.1, 0.15) is 0 Å². The summed E-state index contributed by atoms with van der Waals surface area (Å²) in [5.74, 6) is 0.221. The van der Waals surface area contributed by atoms with E-state index in [2.05, 4.69) is 35.9 Å². The quantitative estimate of drug-likeness (QED) is 0.814. The van der Waals surface area contributed by atoms with Crippen LogP contribution < -0.4 is 5.32 Å². The molecule has 162 valence electrons. The summed E-state index contributed by atoms with van der Waals surface area (Å²) in [5.41, 5.74) is 5.10. The fraction of sp³-hybridized carbons (Fsp3) is 0.478. The second-order valence-electron chi connectivity index (χ2n) is 8.22. The number of aryl methyl sites for hydroxylation is 2. The molecule has 2 aromatic rings. The van der Waals surface area contributed by atoms with Crippen LogP contribution in [0.1, 0.15) is 40.2 Å². The van der Waals surface area contributed by atoms with Gasteiger partial charge in [0.15, 0.2) is 0 Å². The molecule has 1 unspecified atom stereocenters. The second-order valence-corrected chi connectivity index (χ2v) is 8.22. The molecular formula is C23H31ClN4O2. The molecule has 2 aliphatic heterocycles. The molecule has 1 aromatic heterocycles. The van der Waals surface area contributed by atoms with Gasteiger partial charge in [0, 0.05) is 49.3 Å². The first-order chi connectivity index (χ1) is 14.0. The molecule has 2 amide bonds. The maximum atomic E-state index is 13.4. The van der Waals surface area contributed by atoms with Crippen LogP contribution in [0.4, 0.5) is 0 Å². The molecular weight excluding hydrogens is 400 g/mol. The predicted octanol–water partition coefficient (Wildman–Crippen LogP) is 2.86. The first kappa shape index (κ1) is 22.4. The van der Waals surface area contributed by atoms with Crippen molar-refractivity contribution in [1.29, 1.82) is 0 Å². The maximum Gasteiger partial charge on any atom is 0.255 e. The lowest BCUT2D eigenvalue weighted by molar-refractivity contribution is -0.135. The molecule has 2 saturated heterocycles. The van der Waals surface area contributed by atoms with Gasteiger partial charge in [0.05, 0.1) is 12.1 Å². The number of nitrogens with zero attached hydrogens (tertiary/aromatic N) is 3. The molecule has 1 atom stereocenters. The third-order valence-electron chi connectivity index (χ3n) is 6.27. The van der Waals surface area contributed by atoms with Gasteiger partial charge in [-0.25, -0.2) is 0 Å². The average Bonchev–Trinajstić information content (AvgIpc) is 3.02. The molecule has 0 bridgehead atoms. The molecule has 7 heteroatoms. The van der Waals surface area contributed by atoms with E-state index in [1.165, 1.54) is 5.56 Å². The normalized spacial score (nSPS) is 19.6. The number of carbonyl (C=O) groups excluding carboxylic acids is 2. The molecule has 30 heavy (non-hydrogen) atoms. The molecule has 2 fully saturated rings. The molecule has 0 spiro atoms. The minimum atomic E-state index is 0. The third-order valence-corrected chi connectivity index (χ3v) is 6.27. The lowest BCUT2D eigenvalue weighted by Gasteiger charge is -2.41. The molecule has 0 aliphatic carbocycles. The molecule has 0 saturated carbocycles. The van der Waals surface area contributed by atoms with E-state index in [9.17, 15) is 9.59 Å². The third kappa shape index (κ3) is 4.12. The Morgan fingerprint density at radius 1 is 1.13 bits per heavy atom. The van der Waals surface area contributed by atoms with Crippen molar-refractivity contribution in [2.24, 2.45) is 0 Å². The lowest BCUT2D eigenvalue weighted by atomic mass is 10.0.